The Morgan fingerprint density at radius 2 is 1.62 bits per heavy atom. The van der Waals surface area contributed by atoms with E-state index in [0.29, 0.717) is 27.7 Å². The number of hydrogen-bond donors (Lipinski definition) is 1. The number of nitrogens with one attached hydrogen (secondary N) is 1. The summed E-state index contributed by atoms with van der Waals surface area (Å²) < 4.78 is 26.5. The molecule has 1 fully saturated rings. The first-order chi connectivity index (χ1) is 19.0. The highest BCUT2D eigenvalue weighted by Gasteiger charge is 2.31. The van der Waals surface area contributed by atoms with E-state index in [1.54, 1.807) is 35.2 Å². The topological polar surface area (TPSA) is 86.8 Å². The molecule has 10 heteroatoms. The number of sulfonamides is 1. The zero-order chi connectivity index (χ0) is 29.3. The number of nitrogens with zero attached hydrogens (tertiary/aromatic N) is 2. The van der Waals surface area contributed by atoms with Gasteiger partial charge in [0.15, 0.2) is 0 Å². The van der Waals surface area contributed by atoms with Crippen LogP contribution in [0, 0.1) is 0 Å². The minimum atomic E-state index is -3.56. The van der Waals surface area contributed by atoms with E-state index >= 15 is 0 Å². The molecule has 220 valence electrons. The smallest absolute Gasteiger partial charge is 0.243 e. The number of anilines is 1. The summed E-state index contributed by atoms with van der Waals surface area (Å²) >= 11 is 12.9. The first-order valence-electron chi connectivity index (χ1n) is 14.1. The van der Waals surface area contributed by atoms with Gasteiger partial charge in [-0.1, -0.05) is 74.5 Å². The third-order valence-electron chi connectivity index (χ3n) is 7.51. The van der Waals surface area contributed by atoms with Crippen molar-refractivity contribution in [1.29, 1.82) is 0 Å². The van der Waals surface area contributed by atoms with Crippen LogP contribution in [0.25, 0.3) is 0 Å². The van der Waals surface area contributed by atoms with Gasteiger partial charge in [0.05, 0.1) is 11.9 Å². The Bertz CT molecular complexity index is 1230. The highest BCUT2D eigenvalue weighted by Crippen LogP contribution is 2.28. The predicted molar refractivity (Wildman–Crippen MR) is 163 cm³/mol. The van der Waals surface area contributed by atoms with Crippen LogP contribution in [0.3, 0.4) is 0 Å². The van der Waals surface area contributed by atoms with Crippen LogP contribution < -0.4 is 9.62 Å². The zero-order valence-electron chi connectivity index (χ0n) is 23.7. The fourth-order valence-electron chi connectivity index (χ4n) is 5.22. The van der Waals surface area contributed by atoms with Crippen molar-refractivity contribution in [2.24, 2.45) is 0 Å². The average molecular weight is 611 g/mol. The first kappa shape index (κ1) is 32.2. The molecule has 0 aliphatic heterocycles. The normalized spacial score (nSPS) is 14.9. The Balaban J connectivity index is 1.79. The molecular weight excluding hydrogens is 569 g/mol. The number of aryl methyl sites for hydroxylation is 1. The second kappa shape index (κ2) is 15.1. The lowest BCUT2D eigenvalue weighted by Gasteiger charge is -2.33. The van der Waals surface area contributed by atoms with Crippen LogP contribution in [0.1, 0.15) is 76.3 Å². The Hall–Kier alpha value is -2.29. The van der Waals surface area contributed by atoms with Gasteiger partial charge in [0.2, 0.25) is 21.8 Å². The zero-order valence-corrected chi connectivity index (χ0v) is 26.0. The lowest BCUT2D eigenvalue weighted by Crippen LogP contribution is -2.51. The number of carbonyl (C=O) groups excluding carboxylic acids is 2. The van der Waals surface area contributed by atoms with E-state index in [1.807, 2.05) is 26.0 Å². The summed E-state index contributed by atoms with van der Waals surface area (Å²) in [4.78, 5) is 28.7. The second-order valence-electron chi connectivity index (χ2n) is 10.4. The third-order valence-corrected chi connectivity index (χ3v) is 9.41. The fraction of sp³-hybridized carbons (Fsp3) is 0.533. The van der Waals surface area contributed by atoms with Crippen LogP contribution in [-0.4, -0.2) is 50.0 Å². The third kappa shape index (κ3) is 8.85. The molecule has 1 aliphatic carbocycles. The number of benzene rings is 2. The van der Waals surface area contributed by atoms with E-state index in [2.05, 4.69) is 5.32 Å². The molecule has 7 nitrogen and oxygen atoms in total. The van der Waals surface area contributed by atoms with Crippen molar-refractivity contribution in [3.05, 3.63) is 63.6 Å². The SMILES string of the molecule is CCc1ccc(N(CCCC(=O)N(Cc2c(Cl)cccc2Cl)C(CC)C(=O)NC2CCCCC2)S(C)(=O)=O)cc1. The molecule has 1 N–H and O–H groups in total. The first-order valence-corrected chi connectivity index (χ1v) is 16.7. The second-order valence-corrected chi connectivity index (χ2v) is 13.2. The molecule has 40 heavy (non-hydrogen) atoms. The Morgan fingerprint density at radius 3 is 2.17 bits per heavy atom. The molecule has 2 aromatic carbocycles. The van der Waals surface area contributed by atoms with Crippen molar-refractivity contribution >= 4 is 50.7 Å². The summed E-state index contributed by atoms with van der Waals surface area (Å²) in [7, 11) is -3.56. The van der Waals surface area contributed by atoms with E-state index in [4.69, 9.17) is 23.2 Å². The van der Waals surface area contributed by atoms with Crippen molar-refractivity contribution in [2.45, 2.75) is 90.3 Å². The summed E-state index contributed by atoms with van der Waals surface area (Å²) in [5.41, 5.74) is 2.25. The molecule has 1 unspecified atom stereocenters. The molecule has 0 spiro atoms. The Morgan fingerprint density at radius 1 is 1.00 bits per heavy atom. The van der Waals surface area contributed by atoms with Crippen LogP contribution in [0.4, 0.5) is 5.69 Å². The molecule has 0 bridgehead atoms. The number of carbonyl (C=O) groups is 2. The highest BCUT2D eigenvalue weighted by molar-refractivity contribution is 7.92. The van der Waals surface area contributed by atoms with E-state index < -0.39 is 16.1 Å². The summed E-state index contributed by atoms with van der Waals surface area (Å²) in [5.74, 6) is -0.434. The quantitative estimate of drug-likeness (QED) is 0.286. The van der Waals surface area contributed by atoms with Crippen LogP contribution in [0.2, 0.25) is 10.0 Å². The van der Waals surface area contributed by atoms with Gasteiger partial charge in [-0.25, -0.2) is 8.42 Å². The lowest BCUT2D eigenvalue weighted by molar-refractivity contribution is -0.141. The molecule has 0 saturated heterocycles. The molecule has 1 atom stereocenters. The van der Waals surface area contributed by atoms with Gasteiger partial charge in [-0.2, -0.15) is 0 Å². The van der Waals surface area contributed by atoms with E-state index in [0.717, 1.165) is 43.9 Å². The van der Waals surface area contributed by atoms with E-state index in [1.165, 1.54) is 10.7 Å². The van der Waals surface area contributed by atoms with Gasteiger partial charge in [-0.3, -0.25) is 13.9 Å². The van der Waals surface area contributed by atoms with Gasteiger partial charge in [0.1, 0.15) is 6.04 Å². The molecule has 2 amide bonds. The molecule has 0 radical (unpaired) electrons. The van der Waals surface area contributed by atoms with Gasteiger partial charge < -0.3 is 10.2 Å². The summed E-state index contributed by atoms with van der Waals surface area (Å²) in [6.07, 6.45) is 8.00. The maximum absolute atomic E-state index is 13.7. The van der Waals surface area contributed by atoms with Crippen molar-refractivity contribution in [1.82, 2.24) is 10.2 Å². The van der Waals surface area contributed by atoms with Crippen LogP contribution in [0.5, 0.6) is 0 Å². The average Bonchev–Trinajstić information content (AvgIpc) is 2.92. The largest absolute Gasteiger partial charge is 0.352 e. The number of hydrogen-bond acceptors (Lipinski definition) is 4. The highest BCUT2D eigenvalue weighted by atomic mass is 35.5. The number of rotatable bonds is 13. The summed E-state index contributed by atoms with van der Waals surface area (Å²) in [5, 5.41) is 4.00. The van der Waals surface area contributed by atoms with E-state index in [9.17, 15) is 18.0 Å². The van der Waals surface area contributed by atoms with Gasteiger partial charge in [0.25, 0.3) is 0 Å². The maximum Gasteiger partial charge on any atom is 0.243 e. The van der Waals surface area contributed by atoms with Gasteiger partial charge in [-0.05, 0) is 61.9 Å². The number of halogens is 2. The molecule has 0 aromatic heterocycles. The standard InChI is InChI=1S/C30H41Cl2N3O4S/c1-4-22-16-18-24(19-17-22)35(40(3,38)39)20-10-15-29(36)34(21-25-26(31)13-9-14-27(25)32)28(5-2)30(37)33-23-11-7-6-8-12-23/h9,13-14,16-19,23,28H,4-8,10-12,15,20-21H2,1-3H3,(H,33,37). The van der Waals surface area contributed by atoms with Crippen LogP contribution >= 0.6 is 23.2 Å². The molecular formula is C30H41Cl2N3O4S. The van der Waals surface area contributed by atoms with Gasteiger partial charge in [0, 0.05) is 41.2 Å². The monoisotopic (exact) mass is 609 g/mol. The van der Waals surface area contributed by atoms with E-state index in [-0.39, 0.29) is 43.8 Å². The number of amides is 2. The molecule has 0 heterocycles. The van der Waals surface area contributed by atoms with Crippen molar-refractivity contribution < 1.29 is 18.0 Å². The fourth-order valence-corrected chi connectivity index (χ4v) is 6.70. The maximum atomic E-state index is 13.7. The molecule has 1 aliphatic rings. The lowest BCUT2D eigenvalue weighted by atomic mass is 9.95. The molecule has 3 rings (SSSR count). The van der Waals surface area contributed by atoms with Crippen LogP contribution in [0.15, 0.2) is 42.5 Å². The predicted octanol–water partition coefficient (Wildman–Crippen LogP) is 6.36. The summed E-state index contributed by atoms with van der Waals surface area (Å²) in [6, 6.07) is 12.0. The van der Waals surface area contributed by atoms with Crippen molar-refractivity contribution in [2.75, 3.05) is 17.1 Å². The van der Waals surface area contributed by atoms with Gasteiger partial charge in [-0.15, -0.1) is 0 Å². The van der Waals surface area contributed by atoms with Crippen LogP contribution in [-0.2, 0) is 32.6 Å². The molecule has 1 saturated carbocycles. The Labute approximate surface area is 249 Å². The summed E-state index contributed by atoms with van der Waals surface area (Å²) in [6.45, 7) is 4.14. The molecule has 2 aromatic rings. The Kier molecular flexibility index (Phi) is 12.2. The minimum absolute atomic E-state index is 0.0638. The van der Waals surface area contributed by atoms with Gasteiger partial charge >= 0.3 is 0 Å². The minimum Gasteiger partial charge on any atom is -0.352 e. The van der Waals surface area contributed by atoms with Crippen molar-refractivity contribution in [3.8, 4) is 0 Å². The van der Waals surface area contributed by atoms with Crippen molar-refractivity contribution in [3.63, 3.8) is 0 Å².